The number of ketones is 1. The Bertz CT molecular complexity index is 866. The Balaban J connectivity index is 1.56. The molecule has 2 aliphatic heterocycles. The van der Waals surface area contributed by atoms with Crippen LogP contribution in [0.15, 0.2) is 48.5 Å². The normalized spacial score (nSPS) is 23.4. The number of carbonyl (C=O) groups excluding carboxylic acids is 1. The lowest BCUT2D eigenvalue weighted by molar-refractivity contribution is -0.0621. The number of nitrogens with zero attached hydrogens (tertiary/aromatic N) is 1. The van der Waals surface area contributed by atoms with Crippen LogP contribution in [-0.4, -0.2) is 43.7 Å². The van der Waals surface area contributed by atoms with Gasteiger partial charge in [0.1, 0.15) is 11.4 Å². The lowest BCUT2D eigenvalue weighted by Crippen LogP contribution is -2.52. The molecule has 0 aromatic heterocycles. The van der Waals surface area contributed by atoms with E-state index < -0.39 is 11.7 Å². The van der Waals surface area contributed by atoms with Crippen LogP contribution in [0.4, 0.5) is 5.69 Å². The summed E-state index contributed by atoms with van der Waals surface area (Å²) in [5.74, 6) is 0.669. The molecule has 1 N–H and O–H groups in total. The number of Topliss-reactive ketones (excluding diaryl/α,β-unsaturated/α-hetero) is 1. The van der Waals surface area contributed by atoms with Crippen LogP contribution in [0, 0.1) is 0 Å². The zero-order valence-electron chi connectivity index (χ0n) is 17.5. The summed E-state index contributed by atoms with van der Waals surface area (Å²) < 4.78 is 12.1. The molecule has 2 aliphatic rings. The molecule has 2 aromatic carbocycles. The van der Waals surface area contributed by atoms with Crippen molar-refractivity contribution in [3.63, 3.8) is 0 Å². The van der Waals surface area contributed by atoms with Gasteiger partial charge in [0.05, 0.1) is 5.56 Å². The summed E-state index contributed by atoms with van der Waals surface area (Å²) in [7, 11) is 0. The van der Waals surface area contributed by atoms with Crippen LogP contribution < -0.4 is 15.0 Å². The zero-order chi connectivity index (χ0) is 20.4. The van der Waals surface area contributed by atoms with E-state index >= 15 is 0 Å². The van der Waals surface area contributed by atoms with Crippen LogP contribution in [0.1, 0.15) is 49.2 Å². The van der Waals surface area contributed by atoms with Crippen molar-refractivity contribution < 1.29 is 14.3 Å². The highest BCUT2D eigenvalue weighted by molar-refractivity contribution is 6.04. The van der Waals surface area contributed by atoms with E-state index in [0.29, 0.717) is 17.9 Å². The molecule has 4 rings (SSSR count). The molecule has 2 heterocycles. The van der Waals surface area contributed by atoms with Crippen molar-refractivity contribution in [2.24, 2.45) is 0 Å². The molecule has 0 bridgehead atoms. The molecule has 1 fully saturated rings. The molecule has 2 atom stereocenters. The van der Waals surface area contributed by atoms with Crippen LogP contribution in [0.2, 0.25) is 0 Å². The number of anilines is 1. The highest BCUT2D eigenvalue weighted by atomic mass is 16.6. The molecule has 5 heteroatoms. The number of ether oxygens (including phenoxy) is 2. The van der Waals surface area contributed by atoms with E-state index in [1.807, 2.05) is 45.0 Å². The smallest absolute Gasteiger partial charge is 0.199 e. The van der Waals surface area contributed by atoms with E-state index in [9.17, 15) is 4.79 Å². The SMILES string of the molecule is CCCOC1C(=O)c2ccc(N3CCNC(c4ccccc4)C3)cc2OC1(C)C. The van der Waals surface area contributed by atoms with Crippen LogP contribution in [0.5, 0.6) is 5.75 Å². The van der Waals surface area contributed by atoms with Gasteiger partial charge in [-0.1, -0.05) is 37.3 Å². The van der Waals surface area contributed by atoms with Crippen LogP contribution >= 0.6 is 0 Å². The highest BCUT2D eigenvalue weighted by Crippen LogP contribution is 2.37. The van der Waals surface area contributed by atoms with Crippen molar-refractivity contribution >= 4 is 11.5 Å². The second-order valence-electron chi connectivity index (χ2n) is 8.36. The summed E-state index contributed by atoms with van der Waals surface area (Å²) in [5, 5.41) is 3.60. The van der Waals surface area contributed by atoms with Crippen LogP contribution in [0.3, 0.4) is 0 Å². The fraction of sp³-hybridized carbons (Fsp3) is 0.458. The fourth-order valence-corrected chi connectivity index (χ4v) is 4.19. The minimum absolute atomic E-state index is 0.0127. The average molecular weight is 395 g/mol. The van der Waals surface area contributed by atoms with Crippen molar-refractivity contribution in [2.45, 2.75) is 44.9 Å². The summed E-state index contributed by atoms with van der Waals surface area (Å²) in [6.45, 7) is 9.16. The number of nitrogens with one attached hydrogen (secondary N) is 1. The van der Waals surface area contributed by atoms with Crippen molar-refractivity contribution in [1.29, 1.82) is 0 Å². The Labute approximate surface area is 173 Å². The van der Waals surface area contributed by atoms with Gasteiger partial charge in [0.2, 0.25) is 0 Å². The largest absolute Gasteiger partial charge is 0.484 e. The van der Waals surface area contributed by atoms with Crippen molar-refractivity contribution in [3.05, 3.63) is 59.7 Å². The molecule has 0 saturated carbocycles. The van der Waals surface area contributed by atoms with E-state index in [0.717, 1.165) is 31.7 Å². The van der Waals surface area contributed by atoms with E-state index in [-0.39, 0.29) is 11.8 Å². The molecule has 154 valence electrons. The number of fused-ring (bicyclic) bond motifs is 1. The van der Waals surface area contributed by atoms with Crippen LogP contribution in [0.25, 0.3) is 0 Å². The Hall–Kier alpha value is -2.37. The first-order chi connectivity index (χ1) is 14.0. The van der Waals surface area contributed by atoms with E-state index in [4.69, 9.17) is 9.47 Å². The second-order valence-corrected chi connectivity index (χ2v) is 8.36. The van der Waals surface area contributed by atoms with Crippen LogP contribution in [-0.2, 0) is 4.74 Å². The topological polar surface area (TPSA) is 50.8 Å². The van der Waals surface area contributed by atoms with Gasteiger partial charge >= 0.3 is 0 Å². The minimum Gasteiger partial charge on any atom is -0.484 e. The molecular weight excluding hydrogens is 364 g/mol. The maximum atomic E-state index is 13.0. The molecule has 1 saturated heterocycles. The van der Waals surface area contributed by atoms with Gasteiger partial charge in [-0.05, 0) is 38.0 Å². The Morgan fingerprint density at radius 1 is 1.21 bits per heavy atom. The van der Waals surface area contributed by atoms with Gasteiger partial charge < -0.3 is 19.7 Å². The number of hydrogen-bond donors (Lipinski definition) is 1. The first-order valence-electron chi connectivity index (χ1n) is 10.5. The van der Waals surface area contributed by atoms with Crippen molar-refractivity contribution in [1.82, 2.24) is 5.32 Å². The summed E-state index contributed by atoms with van der Waals surface area (Å²) in [4.78, 5) is 15.4. The summed E-state index contributed by atoms with van der Waals surface area (Å²) in [5.41, 5.74) is 2.30. The van der Waals surface area contributed by atoms with Gasteiger partial charge in [-0.3, -0.25) is 4.79 Å². The maximum absolute atomic E-state index is 13.0. The minimum atomic E-state index is -0.687. The molecule has 0 spiro atoms. The van der Waals surface area contributed by atoms with Gasteiger partial charge in [0, 0.05) is 44.0 Å². The fourth-order valence-electron chi connectivity index (χ4n) is 4.19. The average Bonchev–Trinajstić information content (AvgIpc) is 2.73. The lowest BCUT2D eigenvalue weighted by atomic mass is 9.89. The summed E-state index contributed by atoms with van der Waals surface area (Å²) in [6.07, 6.45) is 0.305. The van der Waals surface area contributed by atoms with Gasteiger partial charge in [0.15, 0.2) is 11.9 Å². The highest BCUT2D eigenvalue weighted by Gasteiger charge is 2.44. The summed E-state index contributed by atoms with van der Waals surface area (Å²) in [6, 6.07) is 16.7. The summed E-state index contributed by atoms with van der Waals surface area (Å²) >= 11 is 0. The predicted molar refractivity (Wildman–Crippen MR) is 115 cm³/mol. The third kappa shape index (κ3) is 4.02. The Morgan fingerprint density at radius 2 is 2.00 bits per heavy atom. The lowest BCUT2D eigenvalue weighted by Gasteiger charge is -2.40. The second kappa shape index (κ2) is 8.17. The Kier molecular flexibility index (Phi) is 5.61. The number of benzene rings is 2. The quantitative estimate of drug-likeness (QED) is 0.831. The number of carbonyl (C=O) groups is 1. The van der Waals surface area contributed by atoms with E-state index in [1.54, 1.807) is 0 Å². The first kappa shape index (κ1) is 19.9. The number of hydrogen-bond acceptors (Lipinski definition) is 5. The molecule has 0 aliphatic carbocycles. The molecular formula is C24H30N2O3. The zero-order valence-corrected chi connectivity index (χ0v) is 17.5. The predicted octanol–water partition coefficient (Wildman–Crippen LogP) is 3.99. The van der Waals surface area contributed by atoms with Gasteiger partial charge in [-0.15, -0.1) is 0 Å². The van der Waals surface area contributed by atoms with E-state index in [1.165, 1.54) is 5.56 Å². The maximum Gasteiger partial charge on any atom is 0.199 e. The number of piperazine rings is 1. The molecule has 2 unspecified atom stereocenters. The standard InChI is InChI=1S/C24H30N2O3/c1-4-14-28-23-22(27)19-11-10-18(15-21(19)29-24(23,2)3)26-13-12-25-20(16-26)17-8-6-5-7-9-17/h5-11,15,20,23,25H,4,12-14,16H2,1-3H3. The molecule has 29 heavy (non-hydrogen) atoms. The monoisotopic (exact) mass is 394 g/mol. The molecule has 0 radical (unpaired) electrons. The van der Waals surface area contributed by atoms with Gasteiger partial charge in [-0.2, -0.15) is 0 Å². The first-order valence-corrected chi connectivity index (χ1v) is 10.5. The molecule has 5 nitrogen and oxygen atoms in total. The number of rotatable bonds is 5. The van der Waals surface area contributed by atoms with Gasteiger partial charge in [0.25, 0.3) is 0 Å². The third-order valence-electron chi connectivity index (χ3n) is 5.70. The molecule has 0 amide bonds. The van der Waals surface area contributed by atoms with Crippen molar-refractivity contribution in [3.8, 4) is 5.75 Å². The third-order valence-corrected chi connectivity index (χ3v) is 5.70. The van der Waals surface area contributed by atoms with E-state index in [2.05, 4.69) is 34.5 Å². The van der Waals surface area contributed by atoms with Crippen molar-refractivity contribution in [2.75, 3.05) is 31.1 Å². The Morgan fingerprint density at radius 3 is 2.76 bits per heavy atom. The van der Waals surface area contributed by atoms with Gasteiger partial charge in [-0.25, -0.2) is 0 Å². The molecule has 2 aromatic rings.